The maximum Gasteiger partial charge on any atom is 0.339 e. The summed E-state index contributed by atoms with van der Waals surface area (Å²) in [7, 11) is 3.39. The third-order valence-corrected chi connectivity index (χ3v) is 4.77. The molecule has 0 aliphatic carbocycles. The van der Waals surface area contributed by atoms with Crippen LogP contribution in [0.3, 0.4) is 0 Å². The number of nitrogens with zero attached hydrogens (tertiary/aromatic N) is 2. The Kier molecular flexibility index (Phi) is 5.67. The molecule has 1 aromatic rings. The number of urea groups is 1. The number of thioether (sulfide) groups is 1. The van der Waals surface area contributed by atoms with Crippen LogP contribution >= 0.6 is 23.4 Å². The molecule has 1 atom stereocenters. The first-order valence-electron chi connectivity index (χ1n) is 7.48. The second kappa shape index (κ2) is 7.21. The van der Waals surface area contributed by atoms with Gasteiger partial charge in [-0.05, 0) is 23.6 Å². The Balaban J connectivity index is 2.04. The average molecular weight is 372 g/mol. The SMILES string of the molecule is CN1NC(Sc2ccc(C(=O)OCC(C)(C)C)c(Cl)c2)N(C)C1=O. The quantitative estimate of drug-likeness (QED) is 0.821. The molecule has 0 radical (unpaired) electrons. The first-order chi connectivity index (χ1) is 11.1. The number of benzene rings is 1. The third-order valence-electron chi connectivity index (χ3n) is 3.29. The Hall–Kier alpha value is -1.44. The Morgan fingerprint density at radius 1 is 1.38 bits per heavy atom. The van der Waals surface area contributed by atoms with Crippen LogP contribution in [0.25, 0.3) is 0 Å². The molecule has 1 unspecified atom stereocenters. The van der Waals surface area contributed by atoms with Crippen LogP contribution in [0.15, 0.2) is 23.1 Å². The molecule has 1 aliphatic heterocycles. The minimum atomic E-state index is -0.433. The van der Waals surface area contributed by atoms with Crippen molar-refractivity contribution in [3.63, 3.8) is 0 Å². The van der Waals surface area contributed by atoms with Gasteiger partial charge in [0.2, 0.25) is 0 Å². The highest BCUT2D eigenvalue weighted by Crippen LogP contribution is 2.30. The van der Waals surface area contributed by atoms with Crippen LogP contribution in [0.4, 0.5) is 4.79 Å². The molecule has 1 aromatic carbocycles. The Labute approximate surface area is 151 Å². The summed E-state index contributed by atoms with van der Waals surface area (Å²) < 4.78 is 5.29. The van der Waals surface area contributed by atoms with E-state index in [4.69, 9.17) is 16.3 Å². The van der Waals surface area contributed by atoms with E-state index < -0.39 is 5.97 Å². The molecule has 0 spiro atoms. The number of esters is 1. The predicted molar refractivity (Wildman–Crippen MR) is 94.9 cm³/mol. The van der Waals surface area contributed by atoms with Gasteiger partial charge in [0.25, 0.3) is 0 Å². The highest BCUT2D eigenvalue weighted by Gasteiger charge is 2.32. The van der Waals surface area contributed by atoms with Crippen LogP contribution in [0.1, 0.15) is 31.1 Å². The Morgan fingerprint density at radius 2 is 2.04 bits per heavy atom. The van der Waals surface area contributed by atoms with Gasteiger partial charge in [0.05, 0.1) is 17.2 Å². The van der Waals surface area contributed by atoms with Gasteiger partial charge in [0.15, 0.2) is 5.50 Å². The molecular formula is C16H22ClN3O3S. The molecule has 1 fully saturated rings. The number of amides is 2. The van der Waals surface area contributed by atoms with Crippen LogP contribution in [-0.4, -0.2) is 48.1 Å². The van der Waals surface area contributed by atoms with E-state index >= 15 is 0 Å². The van der Waals surface area contributed by atoms with Gasteiger partial charge in [-0.15, -0.1) is 0 Å². The molecule has 1 N–H and O–H groups in total. The van der Waals surface area contributed by atoms with Crippen molar-refractivity contribution in [2.24, 2.45) is 5.41 Å². The summed E-state index contributed by atoms with van der Waals surface area (Å²) in [5.74, 6) is -0.433. The highest BCUT2D eigenvalue weighted by molar-refractivity contribution is 7.99. The molecule has 2 rings (SSSR count). The van der Waals surface area contributed by atoms with E-state index in [0.717, 1.165) is 4.90 Å². The summed E-state index contributed by atoms with van der Waals surface area (Å²) in [4.78, 5) is 26.3. The number of hydrazine groups is 1. The number of carbonyl (C=O) groups is 2. The lowest BCUT2D eigenvalue weighted by Gasteiger charge is -2.19. The predicted octanol–water partition coefficient (Wildman–Crippen LogP) is 3.42. The van der Waals surface area contributed by atoms with Gasteiger partial charge in [-0.1, -0.05) is 44.1 Å². The van der Waals surface area contributed by atoms with Crippen molar-refractivity contribution >= 4 is 35.4 Å². The first kappa shape index (κ1) is 18.9. The first-order valence-corrected chi connectivity index (χ1v) is 8.74. The molecule has 0 bridgehead atoms. The van der Waals surface area contributed by atoms with Crippen LogP contribution in [0.5, 0.6) is 0 Å². The fourth-order valence-electron chi connectivity index (χ4n) is 1.97. The molecule has 1 saturated heterocycles. The number of ether oxygens (including phenoxy) is 1. The zero-order valence-electron chi connectivity index (χ0n) is 14.4. The van der Waals surface area contributed by atoms with Crippen LogP contribution in [0.2, 0.25) is 5.02 Å². The van der Waals surface area contributed by atoms with Gasteiger partial charge in [-0.25, -0.2) is 9.59 Å². The zero-order chi connectivity index (χ0) is 18.1. The summed E-state index contributed by atoms with van der Waals surface area (Å²) in [5, 5.41) is 1.76. The summed E-state index contributed by atoms with van der Waals surface area (Å²) in [6.45, 7) is 6.30. The minimum absolute atomic E-state index is 0.102. The molecule has 132 valence electrons. The van der Waals surface area contributed by atoms with Gasteiger partial charge in [0.1, 0.15) is 0 Å². The van der Waals surface area contributed by atoms with E-state index in [0.29, 0.717) is 17.2 Å². The standard InChI is InChI=1S/C16H22ClN3O3S/c1-16(2,3)9-23-13(21)11-7-6-10(8-12(11)17)24-14-18-20(5)15(22)19(14)4/h6-8,14,18H,9H2,1-5H3. The Bertz CT molecular complexity index is 648. The van der Waals surface area contributed by atoms with Crippen molar-refractivity contribution in [3.05, 3.63) is 28.8 Å². The van der Waals surface area contributed by atoms with E-state index in [1.807, 2.05) is 20.8 Å². The van der Waals surface area contributed by atoms with Crippen molar-refractivity contribution in [1.82, 2.24) is 15.3 Å². The molecule has 0 aromatic heterocycles. The fraction of sp³-hybridized carbons (Fsp3) is 0.500. The van der Waals surface area contributed by atoms with Crippen molar-refractivity contribution in [3.8, 4) is 0 Å². The number of nitrogens with one attached hydrogen (secondary N) is 1. The maximum absolute atomic E-state index is 12.1. The van der Waals surface area contributed by atoms with E-state index in [2.05, 4.69) is 5.43 Å². The number of rotatable bonds is 4. The molecule has 2 amide bonds. The summed E-state index contributed by atoms with van der Waals surface area (Å²) in [6, 6.07) is 5.04. The van der Waals surface area contributed by atoms with Gasteiger partial charge in [-0.3, -0.25) is 9.91 Å². The van der Waals surface area contributed by atoms with Crippen molar-refractivity contribution < 1.29 is 14.3 Å². The topological polar surface area (TPSA) is 61.9 Å². The second-order valence-electron chi connectivity index (χ2n) is 6.83. The van der Waals surface area contributed by atoms with E-state index in [1.165, 1.54) is 16.8 Å². The van der Waals surface area contributed by atoms with E-state index in [1.54, 1.807) is 37.2 Å². The lowest BCUT2D eigenvalue weighted by atomic mass is 9.99. The number of hydrogen-bond donors (Lipinski definition) is 1. The van der Waals surface area contributed by atoms with Gasteiger partial charge < -0.3 is 4.74 Å². The molecule has 0 saturated carbocycles. The summed E-state index contributed by atoms with van der Waals surface area (Å²) in [5.41, 5.74) is 3.05. The van der Waals surface area contributed by atoms with Gasteiger partial charge in [0, 0.05) is 19.0 Å². The van der Waals surface area contributed by atoms with E-state index in [-0.39, 0.29) is 16.9 Å². The third kappa shape index (κ3) is 4.55. The van der Waals surface area contributed by atoms with Crippen LogP contribution in [0, 0.1) is 5.41 Å². The Morgan fingerprint density at radius 3 is 2.54 bits per heavy atom. The van der Waals surface area contributed by atoms with Crippen molar-refractivity contribution in [2.75, 3.05) is 20.7 Å². The summed E-state index contributed by atoms with van der Waals surface area (Å²) in [6.07, 6.45) is 0. The van der Waals surface area contributed by atoms with Crippen molar-refractivity contribution in [2.45, 2.75) is 31.2 Å². The lowest BCUT2D eigenvalue weighted by molar-refractivity contribution is 0.0367. The normalized spacial score (nSPS) is 18.2. The lowest BCUT2D eigenvalue weighted by Crippen LogP contribution is -2.32. The molecule has 6 nitrogen and oxygen atoms in total. The molecule has 8 heteroatoms. The monoisotopic (exact) mass is 371 g/mol. The second-order valence-corrected chi connectivity index (χ2v) is 8.39. The van der Waals surface area contributed by atoms with Crippen molar-refractivity contribution in [1.29, 1.82) is 0 Å². The molecule has 1 aliphatic rings. The number of halogens is 1. The van der Waals surface area contributed by atoms with E-state index in [9.17, 15) is 9.59 Å². The van der Waals surface area contributed by atoms with Gasteiger partial charge >= 0.3 is 12.0 Å². The average Bonchev–Trinajstić information content (AvgIpc) is 2.71. The fourth-order valence-corrected chi connectivity index (χ4v) is 3.34. The summed E-state index contributed by atoms with van der Waals surface area (Å²) >= 11 is 7.66. The number of hydrogen-bond acceptors (Lipinski definition) is 5. The van der Waals surface area contributed by atoms with Crippen LogP contribution in [-0.2, 0) is 4.74 Å². The minimum Gasteiger partial charge on any atom is -0.461 e. The zero-order valence-corrected chi connectivity index (χ0v) is 16.0. The molecular weight excluding hydrogens is 350 g/mol. The number of carbonyl (C=O) groups excluding carboxylic acids is 2. The molecule has 1 heterocycles. The largest absolute Gasteiger partial charge is 0.461 e. The molecule has 24 heavy (non-hydrogen) atoms. The highest BCUT2D eigenvalue weighted by atomic mass is 35.5. The van der Waals surface area contributed by atoms with Crippen LogP contribution < -0.4 is 5.43 Å². The smallest absolute Gasteiger partial charge is 0.339 e. The van der Waals surface area contributed by atoms with Gasteiger partial charge in [-0.2, -0.15) is 5.43 Å². The maximum atomic E-state index is 12.1.